The molecule has 0 saturated carbocycles. The highest BCUT2D eigenvalue weighted by Crippen LogP contribution is 1.87. The van der Waals surface area contributed by atoms with Crippen LogP contribution in [0.15, 0.2) is 12.2 Å². The van der Waals surface area contributed by atoms with Crippen molar-refractivity contribution in [2.24, 2.45) is 0 Å². The number of halogens is 1. The van der Waals surface area contributed by atoms with Crippen molar-refractivity contribution in [1.29, 1.82) is 0 Å². The number of rotatable bonds is 2. The maximum atomic E-state index is 10.0. The molecule has 1 nitrogen and oxygen atoms in total. The monoisotopic (exact) mass is 162 g/mol. The van der Waals surface area contributed by atoms with E-state index in [0.717, 1.165) is 6.42 Å². The van der Waals surface area contributed by atoms with Crippen molar-refractivity contribution in [3.05, 3.63) is 12.2 Å². The van der Waals surface area contributed by atoms with Gasteiger partial charge in [-0.1, -0.05) is 13.0 Å². The van der Waals surface area contributed by atoms with Gasteiger partial charge in [-0.3, -0.25) is 4.79 Å². The van der Waals surface area contributed by atoms with Crippen LogP contribution in [0.1, 0.15) is 13.3 Å². The van der Waals surface area contributed by atoms with Crippen molar-refractivity contribution in [1.82, 2.24) is 0 Å². The van der Waals surface area contributed by atoms with Gasteiger partial charge in [0, 0.05) is 0 Å². The van der Waals surface area contributed by atoms with Crippen LogP contribution in [-0.4, -0.2) is 4.69 Å². The summed E-state index contributed by atoms with van der Waals surface area (Å²) in [5.74, 6) is 0. The quantitative estimate of drug-likeness (QED) is 0.448. The second-order valence-corrected chi connectivity index (χ2v) is 1.90. The summed E-state index contributed by atoms with van der Waals surface area (Å²) in [6.45, 7) is 1.98. The first kappa shape index (κ1) is 6.89. The lowest BCUT2D eigenvalue weighted by atomic mass is 10.4. The van der Waals surface area contributed by atoms with Crippen molar-refractivity contribution < 1.29 is 4.79 Å². The van der Waals surface area contributed by atoms with Gasteiger partial charge in [-0.2, -0.15) is 0 Å². The SMILES string of the molecule is CC/C=C/C(=O)Br. The molecule has 0 aromatic carbocycles. The molecule has 0 bridgehead atoms. The van der Waals surface area contributed by atoms with Crippen LogP contribution in [0.4, 0.5) is 0 Å². The van der Waals surface area contributed by atoms with E-state index >= 15 is 0 Å². The third kappa shape index (κ3) is 5.89. The summed E-state index contributed by atoms with van der Waals surface area (Å²) in [6, 6.07) is 0. The molecule has 0 unspecified atom stereocenters. The molecule has 0 aliphatic heterocycles. The zero-order valence-corrected chi connectivity index (χ0v) is 5.73. The second-order valence-electron chi connectivity index (χ2n) is 1.11. The van der Waals surface area contributed by atoms with Crippen molar-refractivity contribution in [3.63, 3.8) is 0 Å². The molecule has 0 aromatic heterocycles. The predicted octanol–water partition coefficient (Wildman–Crippen LogP) is 1.87. The van der Waals surface area contributed by atoms with Crippen molar-refractivity contribution in [3.8, 4) is 0 Å². The lowest BCUT2D eigenvalue weighted by Crippen LogP contribution is -1.70. The van der Waals surface area contributed by atoms with Crippen LogP contribution in [0.25, 0.3) is 0 Å². The van der Waals surface area contributed by atoms with Crippen molar-refractivity contribution in [2.45, 2.75) is 13.3 Å². The van der Waals surface area contributed by atoms with E-state index in [1.807, 2.05) is 6.92 Å². The van der Waals surface area contributed by atoms with E-state index in [0.29, 0.717) is 0 Å². The van der Waals surface area contributed by atoms with Gasteiger partial charge in [-0.05, 0) is 28.4 Å². The third-order valence-corrected chi connectivity index (χ3v) is 0.749. The van der Waals surface area contributed by atoms with Gasteiger partial charge in [-0.25, -0.2) is 0 Å². The van der Waals surface area contributed by atoms with Crippen LogP contribution in [0.5, 0.6) is 0 Å². The van der Waals surface area contributed by atoms with E-state index in [4.69, 9.17) is 0 Å². The fourth-order valence-corrected chi connectivity index (χ4v) is 0.397. The highest BCUT2D eigenvalue weighted by atomic mass is 79.9. The Labute approximate surface area is 51.5 Å². The largest absolute Gasteiger partial charge is 0.282 e. The van der Waals surface area contributed by atoms with Crippen LogP contribution < -0.4 is 0 Å². The minimum absolute atomic E-state index is 0.0608. The Morgan fingerprint density at radius 2 is 2.43 bits per heavy atom. The number of hydrogen-bond donors (Lipinski definition) is 0. The van der Waals surface area contributed by atoms with Crippen LogP contribution >= 0.6 is 15.9 Å². The lowest BCUT2D eigenvalue weighted by Gasteiger charge is -1.72. The normalized spacial score (nSPS) is 10.0. The summed E-state index contributed by atoms with van der Waals surface area (Å²) >= 11 is 2.75. The van der Waals surface area contributed by atoms with E-state index in [-0.39, 0.29) is 4.69 Å². The van der Waals surface area contributed by atoms with Gasteiger partial charge >= 0.3 is 0 Å². The number of carbonyl (C=O) groups is 1. The van der Waals surface area contributed by atoms with Gasteiger partial charge in [0.2, 0.25) is 4.69 Å². The number of allylic oxidation sites excluding steroid dienone is 2. The van der Waals surface area contributed by atoms with Gasteiger partial charge in [-0.15, -0.1) is 0 Å². The minimum Gasteiger partial charge on any atom is -0.282 e. The summed E-state index contributed by atoms with van der Waals surface area (Å²) in [7, 11) is 0. The van der Waals surface area contributed by atoms with E-state index < -0.39 is 0 Å². The molecule has 0 aliphatic carbocycles. The van der Waals surface area contributed by atoms with E-state index in [1.165, 1.54) is 6.08 Å². The standard InChI is InChI=1S/C5H7BrO/c1-2-3-4-5(6)7/h3-4H,2H2,1H3/b4-3+. The maximum absolute atomic E-state index is 10.0. The number of hydrogen-bond acceptors (Lipinski definition) is 1. The molecular formula is C5H7BrO. The summed E-state index contributed by atoms with van der Waals surface area (Å²) in [5, 5.41) is 0. The van der Waals surface area contributed by atoms with E-state index in [2.05, 4.69) is 15.9 Å². The van der Waals surface area contributed by atoms with Gasteiger partial charge in [0.15, 0.2) is 0 Å². The molecule has 0 aromatic rings. The average Bonchev–Trinajstić information content (AvgIpc) is 1.61. The van der Waals surface area contributed by atoms with Crippen LogP contribution in [0.3, 0.4) is 0 Å². The highest BCUT2D eigenvalue weighted by Gasteiger charge is 1.78. The van der Waals surface area contributed by atoms with Crippen molar-refractivity contribution in [2.75, 3.05) is 0 Å². The summed E-state index contributed by atoms with van der Waals surface area (Å²) in [4.78, 5) is 10.0. The fourth-order valence-electron chi connectivity index (χ4n) is 0.211. The van der Waals surface area contributed by atoms with Crippen molar-refractivity contribution >= 4 is 20.6 Å². The molecule has 0 radical (unpaired) electrons. The van der Waals surface area contributed by atoms with Gasteiger partial charge in [0.25, 0.3) is 0 Å². The first-order chi connectivity index (χ1) is 3.27. The van der Waals surface area contributed by atoms with E-state index in [1.54, 1.807) is 6.08 Å². The zero-order chi connectivity index (χ0) is 5.70. The third-order valence-electron chi connectivity index (χ3n) is 0.485. The Hall–Kier alpha value is -0.110. The van der Waals surface area contributed by atoms with Gasteiger partial charge in [0.1, 0.15) is 0 Å². The topological polar surface area (TPSA) is 17.1 Å². The number of carbonyl (C=O) groups excluding carboxylic acids is 1. The van der Waals surface area contributed by atoms with Crippen LogP contribution in [0.2, 0.25) is 0 Å². The van der Waals surface area contributed by atoms with E-state index in [9.17, 15) is 4.79 Å². The molecule has 40 valence electrons. The Morgan fingerprint density at radius 3 is 2.57 bits per heavy atom. The molecule has 7 heavy (non-hydrogen) atoms. The zero-order valence-electron chi connectivity index (χ0n) is 4.15. The Kier molecular flexibility index (Phi) is 4.00. The fraction of sp³-hybridized carbons (Fsp3) is 0.400. The second kappa shape index (κ2) is 4.06. The molecular weight excluding hydrogens is 156 g/mol. The van der Waals surface area contributed by atoms with Crippen LogP contribution in [-0.2, 0) is 4.79 Å². The molecule has 0 fully saturated rings. The molecule has 0 amide bonds. The Morgan fingerprint density at radius 1 is 1.86 bits per heavy atom. The molecule has 0 N–H and O–H groups in total. The summed E-state index contributed by atoms with van der Waals surface area (Å²) in [6.07, 6.45) is 4.22. The Balaban J connectivity index is 3.26. The molecule has 0 saturated heterocycles. The predicted molar refractivity (Wildman–Crippen MR) is 33.4 cm³/mol. The summed E-state index contributed by atoms with van der Waals surface area (Å²) in [5.41, 5.74) is 0. The first-order valence-corrected chi connectivity index (χ1v) is 2.92. The molecule has 0 aliphatic rings. The molecule has 2 heteroatoms. The van der Waals surface area contributed by atoms with Crippen LogP contribution in [0, 0.1) is 0 Å². The molecule has 0 rings (SSSR count). The highest BCUT2D eigenvalue weighted by molar-refractivity contribution is 9.18. The maximum Gasteiger partial charge on any atom is 0.220 e. The first-order valence-electron chi connectivity index (χ1n) is 2.13. The minimum atomic E-state index is -0.0608. The smallest absolute Gasteiger partial charge is 0.220 e. The molecule has 0 spiro atoms. The Bertz CT molecular complexity index is 86.1. The average molecular weight is 163 g/mol. The molecule has 0 heterocycles. The molecule has 0 atom stereocenters. The lowest BCUT2D eigenvalue weighted by molar-refractivity contribution is -0.106. The van der Waals surface area contributed by atoms with Gasteiger partial charge < -0.3 is 0 Å². The van der Waals surface area contributed by atoms with Gasteiger partial charge in [0.05, 0.1) is 0 Å². The summed E-state index contributed by atoms with van der Waals surface area (Å²) < 4.78 is -0.0608.